The topological polar surface area (TPSA) is 43.1 Å². The minimum atomic E-state index is -0.845. The summed E-state index contributed by atoms with van der Waals surface area (Å²) in [6.07, 6.45) is 0. The molecule has 0 bridgehead atoms. The average Bonchev–Trinajstić information content (AvgIpc) is 2.29. The highest BCUT2D eigenvalue weighted by Crippen LogP contribution is 2.26. The van der Waals surface area contributed by atoms with Crippen LogP contribution in [0, 0.1) is 15.9 Å². The fourth-order valence-corrected chi connectivity index (χ4v) is 1.60. The third kappa shape index (κ3) is 2.42. The van der Waals surface area contributed by atoms with Crippen LogP contribution in [0.2, 0.25) is 5.02 Å². The first-order chi connectivity index (χ1) is 8.08. The minimum absolute atomic E-state index is 0.525. The Morgan fingerprint density at radius 3 is 2.18 bits per heavy atom. The number of nitrogens with zero attached hydrogens (tertiary/aromatic N) is 1. The molecular weight excluding hydrogens is 245 g/mol. The van der Waals surface area contributed by atoms with Crippen molar-refractivity contribution in [1.29, 1.82) is 0 Å². The number of rotatable bonds is 2. The van der Waals surface area contributed by atoms with Crippen molar-refractivity contribution in [3.05, 3.63) is 63.4 Å². The van der Waals surface area contributed by atoms with E-state index in [9.17, 15) is 14.5 Å². The van der Waals surface area contributed by atoms with Gasteiger partial charge in [-0.2, -0.15) is 4.39 Å². The van der Waals surface area contributed by atoms with E-state index in [-0.39, 0.29) is 0 Å². The Bertz CT molecular complexity index is 569. The number of hydrogen-bond acceptors (Lipinski definition) is 2. The maximum Gasteiger partial charge on any atom is 0.304 e. The van der Waals surface area contributed by atoms with E-state index in [0.29, 0.717) is 10.6 Å². The zero-order chi connectivity index (χ0) is 12.4. The lowest BCUT2D eigenvalue weighted by molar-refractivity contribution is -0.387. The normalized spacial score (nSPS) is 10.2. The van der Waals surface area contributed by atoms with E-state index in [0.717, 1.165) is 17.7 Å². The van der Waals surface area contributed by atoms with Crippen LogP contribution < -0.4 is 0 Å². The Labute approximate surface area is 102 Å². The van der Waals surface area contributed by atoms with Crippen molar-refractivity contribution < 1.29 is 9.31 Å². The van der Waals surface area contributed by atoms with Crippen LogP contribution in [0.15, 0.2) is 42.5 Å². The molecule has 0 saturated carbocycles. The van der Waals surface area contributed by atoms with Gasteiger partial charge in [0.2, 0.25) is 5.82 Å². The van der Waals surface area contributed by atoms with Gasteiger partial charge in [-0.15, -0.1) is 0 Å². The highest BCUT2D eigenvalue weighted by atomic mass is 35.5. The molecule has 86 valence electrons. The Morgan fingerprint density at radius 2 is 1.65 bits per heavy atom. The fourth-order valence-electron chi connectivity index (χ4n) is 1.48. The zero-order valence-corrected chi connectivity index (χ0v) is 9.32. The fraction of sp³-hybridized carbons (Fsp3) is 0. The molecule has 2 aromatic rings. The van der Waals surface area contributed by atoms with E-state index in [1.165, 1.54) is 6.07 Å². The summed E-state index contributed by atoms with van der Waals surface area (Å²) in [6.45, 7) is 0. The number of hydrogen-bond donors (Lipinski definition) is 0. The minimum Gasteiger partial charge on any atom is -0.258 e. The lowest BCUT2D eigenvalue weighted by atomic mass is 10.1. The first-order valence-electron chi connectivity index (χ1n) is 4.78. The predicted octanol–water partition coefficient (Wildman–Crippen LogP) is 4.05. The van der Waals surface area contributed by atoms with Crippen molar-refractivity contribution in [2.75, 3.05) is 0 Å². The van der Waals surface area contributed by atoms with Crippen molar-refractivity contribution in [2.24, 2.45) is 0 Å². The number of nitro groups is 1. The molecule has 0 aliphatic carbocycles. The van der Waals surface area contributed by atoms with Crippen molar-refractivity contribution in [1.82, 2.24) is 0 Å². The predicted molar refractivity (Wildman–Crippen MR) is 63.5 cm³/mol. The third-order valence-electron chi connectivity index (χ3n) is 2.32. The standard InChI is InChI=1S/C12H7ClFNO2/c13-10-4-1-8(2-5-10)9-3-6-12(15(16)17)11(14)7-9/h1-7H. The van der Waals surface area contributed by atoms with Gasteiger partial charge in [-0.05, 0) is 35.4 Å². The summed E-state index contributed by atoms with van der Waals surface area (Å²) in [7, 11) is 0. The van der Waals surface area contributed by atoms with Gasteiger partial charge < -0.3 is 0 Å². The SMILES string of the molecule is O=[N+]([O-])c1ccc(-c2ccc(Cl)cc2)cc1F. The van der Waals surface area contributed by atoms with E-state index < -0.39 is 16.4 Å². The second kappa shape index (κ2) is 4.51. The number of benzene rings is 2. The molecule has 3 nitrogen and oxygen atoms in total. The molecule has 0 fully saturated rings. The van der Waals surface area contributed by atoms with E-state index in [4.69, 9.17) is 11.6 Å². The lowest BCUT2D eigenvalue weighted by Gasteiger charge is -2.02. The maximum atomic E-state index is 13.4. The van der Waals surface area contributed by atoms with Crippen molar-refractivity contribution in [3.8, 4) is 11.1 Å². The molecule has 0 unspecified atom stereocenters. The summed E-state index contributed by atoms with van der Waals surface area (Å²) in [4.78, 5) is 9.71. The van der Waals surface area contributed by atoms with Gasteiger partial charge in [0.1, 0.15) is 0 Å². The molecule has 2 rings (SSSR count). The van der Waals surface area contributed by atoms with E-state index >= 15 is 0 Å². The van der Waals surface area contributed by atoms with Gasteiger partial charge in [-0.3, -0.25) is 10.1 Å². The molecule has 0 heterocycles. The Kier molecular flexibility index (Phi) is 3.06. The molecule has 0 atom stereocenters. The van der Waals surface area contributed by atoms with Crippen LogP contribution >= 0.6 is 11.6 Å². The second-order valence-electron chi connectivity index (χ2n) is 3.43. The lowest BCUT2D eigenvalue weighted by Crippen LogP contribution is -1.92. The zero-order valence-electron chi connectivity index (χ0n) is 8.56. The summed E-state index contributed by atoms with van der Waals surface area (Å²) in [5, 5.41) is 11.0. The third-order valence-corrected chi connectivity index (χ3v) is 2.57. The van der Waals surface area contributed by atoms with Crippen molar-refractivity contribution in [3.63, 3.8) is 0 Å². The van der Waals surface area contributed by atoms with Gasteiger partial charge in [-0.1, -0.05) is 23.7 Å². The van der Waals surface area contributed by atoms with Gasteiger partial charge in [-0.25, -0.2) is 0 Å². The highest BCUT2D eigenvalue weighted by Gasteiger charge is 2.14. The highest BCUT2D eigenvalue weighted by molar-refractivity contribution is 6.30. The molecule has 0 aliphatic rings. The number of halogens is 2. The van der Waals surface area contributed by atoms with E-state index in [2.05, 4.69) is 0 Å². The molecule has 17 heavy (non-hydrogen) atoms. The van der Waals surface area contributed by atoms with Crippen molar-refractivity contribution in [2.45, 2.75) is 0 Å². The van der Waals surface area contributed by atoms with Crippen LogP contribution in [0.25, 0.3) is 11.1 Å². The van der Waals surface area contributed by atoms with Crippen LogP contribution in [0.5, 0.6) is 0 Å². The molecule has 0 aromatic heterocycles. The molecule has 0 amide bonds. The smallest absolute Gasteiger partial charge is 0.258 e. The first-order valence-corrected chi connectivity index (χ1v) is 5.15. The molecular formula is C12H7ClFNO2. The Balaban J connectivity index is 2.44. The Hall–Kier alpha value is -1.94. The monoisotopic (exact) mass is 251 g/mol. The van der Waals surface area contributed by atoms with Crippen molar-refractivity contribution >= 4 is 17.3 Å². The summed E-state index contributed by atoms with van der Waals surface area (Å²) in [5.74, 6) is -0.845. The van der Waals surface area contributed by atoms with Gasteiger partial charge in [0, 0.05) is 11.1 Å². The van der Waals surface area contributed by atoms with Crippen LogP contribution in [-0.4, -0.2) is 4.92 Å². The molecule has 5 heteroatoms. The van der Waals surface area contributed by atoms with E-state index in [1.54, 1.807) is 24.3 Å². The average molecular weight is 252 g/mol. The molecule has 0 aliphatic heterocycles. The number of nitro benzene ring substituents is 1. The summed E-state index contributed by atoms with van der Waals surface area (Å²) < 4.78 is 13.4. The van der Waals surface area contributed by atoms with Gasteiger partial charge in [0.25, 0.3) is 0 Å². The Morgan fingerprint density at radius 1 is 1.06 bits per heavy atom. The van der Waals surface area contributed by atoms with Crippen LogP contribution in [0.4, 0.5) is 10.1 Å². The van der Waals surface area contributed by atoms with Gasteiger partial charge >= 0.3 is 5.69 Å². The maximum absolute atomic E-state index is 13.4. The van der Waals surface area contributed by atoms with Crippen LogP contribution in [-0.2, 0) is 0 Å². The molecule has 0 N–H and O–H groups in total. The molecule has 0 spiro atoms. The first kappa shape index (κ1) is 11.5. The van der Waals surface area contributed by atoms with Crippen LogP contribution in [0.1, 0.15) is 0 Å². The molecule has 0 radical (unpaired) electrons. The largest absolute Gasteiger partial charge is 0.304 e. The second-order valence-corrected chi connectivity index (χ2v) is 3.87. The quantitative estimate of drug-likeness (QED) is 0.597. The van der Waals surface area contributed by atoms with Gasteiger partial charge in [0.05, 0.1) is 4.92 Å². The summed E-state index contributed by atoms with van der Waals surface area (Å²) in [5.41, 5.74) is 0.802. The summed E-state index contributed by atoms with van der Waals surface area (Å²) in [6, 6.07) is 10.6. The van der Waals surface area contributed by atoms with Crippen LogP contribution in [0.3, 0.4) is 0 Å². The van der Waals surface area contributed by atoms with E-state index in [1.807, 2.05) is 0 Å². The molecule has 2 aromatic carbocycles. The summed E-state index contributed by atoms with van der Waals surface area (Å²) >= 11 is 5.73. The molecule has 0 saturated heterocycles. The van der Waals surface area contributed by atoms with Gasteiger partial charge in [0.15, 0.2) is 0 Å².